The lowest BCUT2D eigenvalue weighted by atomic mass is 10.1. The van der Waals surface area contributed by atoms with Crippen LogP contribution in [0.25, 0.3) is 10.9 Å². The number of hydrogen-bond acceptors (Lipinski definition) is 3. The molecule has 1 aliphatic carbocycles. The van der Waals surface area contributed by atoms with Crippen molar-refractivity contribution in [1.29, 1.82) is 0 Å². The molecule has 35 heavy (non-hydrogen) atoms. The summed E-state index contributed by atoms with van der Waals surface area (Å²) in [5, 5.41) is 1.18. The number of aromatic amines is 1. The van der Waals surface area contributed by atoms with Gasteiger partial charge < -0.3 is 19.5 Å². The molecule has 1 heterocycles. The summed E-state index contributed by atoms with van der Waals surface area (Å²) < 4.78 is 5.55. The summed E-state index contributed by atoms with van der Waals surface area (Å²) in [6.45, 7) is 3.31. The highest BCUT2D eigenvalue weighted by molar-refractivity contribution is 5.86. The largest absolute Gasteiger partial charge is 0.496 e. The Kier molecular flexibility index (Phi) is 8.45. The van der Waals surface area contributed by atoms with Crippen molar-refractivity contribution in [2.24, 2.45) is 0 Å². The Morgan fingerprint density at radius 1 is 1.00 bits per heavy atom. The number of nitrogens with one attached hydrogen (secondary N) is 1. The first-order valence-electron chi connectivity index (χ1n) is 12.8. The van der Waals surface area contributed by atoms with Crippen LogP contribution in [0, 0.1) is 0 Å². The zero-order valence-electron chi connectivity index (χ0n) is 21.0. The third kappa shape index (κ3) is 6.44. The normalized spacial score (nSPS) is 13.1. The summed E-state index contributed by atoms with van der Waals surface area (Å²) >= 11 is 0. The molecule has 1 aliphatic rings. The second-order valence-corrected chi connectivity index (χ2v) is 9.45. The number of para-hydroxylation sites is 2. The third-order valence-corrected chi connectivity index (χ3v) is 6.84. The predicted molar refractivity (Wildman–Crippen MR) is 139 cm³/mol. The minimum Gasteiger partial charge on any atom is -0.496 e. The number of hydrogen-bond donors (Lipinski definition) is 1. The molecule has 2 amide bonds. The van der Waals surface area contributed by atoms with E-state index >= 15 is 0 Å². The Hall–Kier alpha value is -3.28. The molecule has 6 nitrogen and oxygen atoms in total. The first-order chi connectivity index (χ1) is 17.1. The molecule has 1 fully saturated rings. The number of ether oxygens (including phenoxy) is 1. The number of fused-ring (bicyclic) bond motifs is 1. The maximum Gasteiger partial charge on any atom is 0.242 e. The van der Waals surface area contributed by atoms with Gasteiger partial charge >= 0.3 is 0 Å². The molecule has 0 atom stereocenters. The molecule has 0 aliphatic heterocycles. The molecule has 0 saturated heterocycles. The van der Waals surface area contributed by atoms with Crippen molar-refractivity contribution in [2.75, 3.05) is 20.2 Å². The van der Waals surface area contributed by atoms with Crippen LogP contribution in [-0.4, -0.2) is 52.8 Å². The standard InChI is InChI=1S/C29H37N3O3/c1-3-4-5-14-28(33)32(24-15-16-24)21-29(34)31(20-23-10-6-9-13-27(23)35-2)18-17-22-19-30-26-12-8-7-11-25(22)26/h6-13,19,24,30H,3-5,14-18,20-21H2,1-2H3. The van der Waals surface area contributed by atoms with E-state index in [1.54, 1.807) is 7.11 Å². The number of unbranched alkanes of at least 4 members (excludes halogenated alkanes) is 2. The molecule has 186 valence electrons. The SMILES string of the molecule is CCCCCC(=O)N(CC(=O)N(CCc1c[nH]c2ccccc12)Cc1ccccc1OC)C1CC1. The van der Waals surface area contributed by atoms with Crippen molar-refractivity contribution in [3.8, 4) is 5.75 Å². The highest BCUT2D eigenvalue weighted by Gasteiger charge is 2.34. The first-order valence-corrected chi connectivity index (χ1v) is 12.8. The number of amides is 2. The molecule has 4 rings (SSSR count). The summed E-state index contributed by atoms with van der Waals surface area (Å²) in [7, 11) is 1.65. The van der Waals surface area contributed by atoms with Crippen molar-refractivity contribution in [3.63, 3.8) is 0 Å². The summed E-state index contributed by atoms with van der Waals surface area (Å²) in [6.07, 6.45) is 8.29. The molecule has 2 aromatic carbocycles. The number of methoxy groups -OCH3 is 1. The summed E-state index contributed by atoms with van der Waals surface area (Å²) in [5.74, 6) is 0.877. The molecule has 3 aromatic rings. The van der Waals surface area contributed by atoms with Gasteiger partial charge in [0.2, 0.25) is 11.8 Å². The van der Waals surface area contributed by atoms with Gasteiger partial charge in [-0.05, 0) is 43.4 Å². The number of nitrogens with zero attached hydrogens (tertiary/aromatic N) is 2. The van der Waals surface area contributed by atoms with Crippen LogP contribution < -0.4 is 4.74 Å². The molecule has 0 unspecified atom stereocenters. The smallest absolute Gasteiger partial charge is 0.242 e. The topological polar surface area (TPSA) is 65.6 Å². The van der Waals surface area contributed by atoms with E-state index in [1.807, 2.05) is 52.4 Å². The quantitative estimate of drug-likeness (QED) is 0.340. The average Bonchev–Trinajstić information content (AvgIpc) is 3.64. The number of carbonyl (C=O) groups is 2. The zero-order valence-corrected chi connectivity index (χ0v) is 21.0. The highest BCUT2D eigenvalue weighted by Crippen LogP contribution is 2.28. The Morgan fingerprint density at radius 2 is 1.77 bits per heavy atom. The van der Waals surface area contributed by atoms with E-state index in [0.717, 1.165) is 55.4 Å². The van der Waals surface area contributed by atoms with Crippen LogP contribution in [-0.2, 0) is 22.6 Å². The van der Waals surface area contributed by atoms with Gasteiger partial charge in [-0.25, -0.2) is 0 Å². The van der Waals surface area contributed by atoms with Crippen LogP contribution in [0.3, 0.4) is 0 Å². The van der Waals surface area contributed by atoms with Gasteiger partial charge in [-0.15, -0.1) is 0 Å². The van der Waals surface area contributed by atoms with Crippen molar-refractivity contribution < 1.29 is 14.3 Å². The van der Waals surface area contributed by atoms with Crippen molar-refractivity contribution in [2.45, 2.75) is 64.5 Å². The van der Waals surface area contributed by atoms with E-state index in [2.05, 4.69) is 24.0 Å². The monoisotopic (exact) mass is 475 g/mol. The van der Waals surface area contributed by atoms with Gasteiger partial charge in [-0.3, -0.25) is 9.59 Å². The second kappa shape index (κ2) is 11.9. The fraction of sp³-hybridized carbons (Fsp3) is 0.448. The van der Waals surface area contributed by atoms with E-state index in [1.165, 1.54) is 10.9 Å². The molecule has 0 bridgehead atoms. The third-order valence-electron chi connectivity index (χ3n) is 6.84. The molecule has 1 saturated carbocycles. The van der Waals surface area contributed by atoms with Crippen molar-refractivity contribution >= 4 is 22.7 Å². The highest BCUT2D eigenvalue weighted by atomic mass is 16.5. The lowest BCUT2D eigenvalue weighted by molar-refractivity contribution is -0.141. The number of aromatic nitrogens is 1. The Labute approximate surface area is 208 Å². The van der Waals surface area contributed by atoms with E-state index in [4.69, 9.17) is 4.74 Å². The molecular formula is C29H37N3O3. The van der Waals surface area contributed by atoms with Crippen LogP contribution in [0.15, 0.2) is 54.7 Å². The lowest BCUT2D eigenvalue weighted by Gasteiger charge is -2.28. The average molecular weight is 476 g/mol. The Bertz CT molecular complexity index is 1130. The van der Waals surface area contributed by atoms with Gasteiger partial charge in [0.25, 0.3) is 0 Å². The molecule has 0 spiro atoms. The maximum absolute atomic E-state index is 13.6. The van der Waals surface area contributed by atoms with Crippen LogP contribution in [0.5, 0.6) is 5.75 Å². The lowest BCUT2D eigenvalue weighted by Crippen LogP contribution is -2.44. The van der Waals surface area contributed by atoms with Gasteiger partial charge in [0, 0.05) is 48.2 Å². The van der Waals surface area contributed by atoms with Gasteiger partial charge in [0.15, 0.2) is 0 Å². The minimum absolute atomic E-state index is 0.00788. The predicted octanol–water partition coefficient (Wildman–Crippen LogP) is 5.32. The fourth-order valence-corrected chi connectivity index (χ4v) is 4.65. The number of benzene rings is 2. The summed E-state index contributed by atoms with van der Waals surface area (Å²) in [5.41, 5.74) is 3.25. The van der Waals surface area contributed by atoms with Crippen LogP contribution in [0.2, 0.25) is 0 Å². The van der Waals surface area contributed by atoms with Crippen LogP contribution in [0.4, 0.5) is 0 Å². The fourth-order valence-electron chi connectivity index (χ4n) is 4.65. The maximum atomic E-state index is 13.6. The molecule has 0 radical (unpaired) electrons. The van der Waals surface area contributed by atoms with E-state index < -0.39 is 0 Å². The second-order valence-electron chi connectivity index (χ2n) is 9.45. The summed E-state index contributed by atoms with van der Waals surface area (Å²) in [6, 6.07) is 16.3. The van der Waals surface area contributed by atoms with E-state index in [-0.39, 0.29) is 24.4 Å². The molecular weight excluding hydrogens is 438 g/mol. The van der Waals surface area contributed by atoms with Crippen molar-refractivity contribution in [3.05, 3.63) is 65.9 Å². The van der Waals surface area contributed by atoms with Crippen LogP contribution in [0.1, 0.15) is 56.6 Å². The van der Waals surface area contributed by atoms with E-state index in [0.29, 0.717) is 19.5 Å². The molecule has 6 heteroatoms. The first kappa shape index (κ1) is 24.8. The van der Waals surface area contributed by atoms with Crippen molar-refractivity contribution in [1.82, 2.24) is 14.8 Å². The Morgan fingerprint density at radius 3 is 2.54 bits per heavy atom. The number of rotatable bonds is 13. The van der Waals surface area contributed by atoms with E-state index in [9.17, 15) is 9.59 Å². The van der Waals surface area contributed by atoms with Gasteiger partial charge in [-0.1, -0.05) is 56.2 Å². The van der Waals surface area contributed by atoms with Gasteiger partial charge in [0.1, 0.15) is 12.3 Å². The Balaban J connectivity index is 1.50. The number of H-pyrrole nitrogens is 1. The summed E-state index contributed by atoms with van der Waals surface area (Å²) in [4.78, 5) is 33.6. The molecule has 1 N–H and O–H groups in total. The van der Waals surface area contributed by atoms with Crippen LogP contribution >= 0.6 is 0 Å². The van der Waals surface area contributed by atoms with Gasteiger partial charge in [0.05, 0.1) is 7.11 Å². The molecule has 1 aromatic heterocycles. The zero-order chi connectivity index (χ0) is 24.6. The van der Waals surface area contributed by atoms with Gasteiger partial charge in [-0.2, -0.15) is 0 Å². The minimum atomic E-state index is -0.00788. The number of carbonyl (C=O) groups excluding carboxylic acids is 2.